The highest BCUT2D eigenvalue weighted by Crippen LogP contribution is 2.38. The summed E-state index contributed by atoms with van der Waals surface area (Å²) < 4.78 is 0. The summed E-state index contributed by atoms with van der Waals surface area (Å²) in [6.45, 7) is 0. The molecule has 0 heteroatoms. The zero-order valence-corrected chi connectivity index (χ0v) is 15.4. The Balaban J connectivity index is 1.60. The summed E-state index contributed by atoms with van der Waals surface area (Å²) in [5.74, 6) is 0. The van der Waals surface area contributed by atoms with E-state index >= 15 is 0 Å². The van der Waals surface area contributed by atoms with Gasteiger partial charge >= 0.3 is 0 Å². The fourth-order valence-corrected chi connectivity index (χ4v) is 4.24. The Labute approximate surface area is 161 Å². The van der Waals surface area contributed by atoms with Crippen LogP contribution in [0.1, 0.15) is 33.4 Å². The van der Waals surface area contributed by atoms with Crippen molar-refractivity contribution in [3.8, 4) is 11.1 Å². The summed E-state index contributed by atoms with van der Waals surface area (Å²) in [5.41, 5.74) is 11.4. The van der Waals surface area contributed by atoms with Gasteiger partial charge in [0.25, 0.3) is 0 Å². The van der Waals surface area contributed by atoms with Gasteiger partial charge in [-0.25, -0.2) is 0 Å². The van der Waals surface area contributed by atoms with E-state index in [0.29, 0.717) is 0 Å². The molecule has 0 saturated heterocycles. The third kappa shape index (κ3) is 3.19. The van der Waals surface area contributed by atoms with Gasteiger partial charge in [-0.3, -0.25) is 0 Å². The minimum Gasteiger partial charge on any atom is -0.0622 e. The van der Waals surface area contributed by atoms with Crippen LogP contribution in [0.15, 0.2) is 97.1 Å². The van der Waals surface area contributed by atoms with E-state index in [9.17, 15) is 0 Å². The number of benzene rings is 4. The predicted molar refractivity (Wildman–Crippen MR) is 113 cm³/mol. The molecule has 0 heterocycles. The molecule has 1 aliphatic carbocycles. The Morgan fingerprint density at radius 1 is 0.481 bits per heavy atom. The predicted octanol–water partition coefficient (Wildman–Crippen LogP) is 6.44. The van der Waals surface area contributed by atoms with Gasteiger partial charge in [-0.15, -0.1) is 0 Å². The Hall–Kier alpha value is -3.12. The van der Waals surface area contributed by atoms with Crippen molar-refractivity contribution in [3.05, 3.63) is 130 Å². The second-order valence-corrected chi connectivity index (χ2v) is 7.44. The molecule has 0 atom stereocenters. The summed E-state index contributed by atoms with van der Waals surface area (Å²) >= 11 is 0. The summed E-state index contributed by atoms with van der Waals surface area (Å²) in [5, 5.41) is 0. The van der Waals surface area contributed by atoms with Crippen LogP contribution in [0.2, 0.25) is 0 Å². The van der Waals surface area contributed by atoms with Crippen LogP contribution < -0.4 is 0 Å². The Morgan fingerprint density at radius 3 is 1.70 bits per heavy atom. The van der Waals surface area contributed by atoms with Gasteiger partial charge in [0.05, 0.1) is 0 Å². The van der Waals surface area contributed by atoms with Gasteiger partial charge in [0.15, 0.2) is 0 Å². The lowest BCUT2D eigenvalue weighted by atomic mass is 9.91. The average molecular weight is 346 g/mol. The standard InChI is InChI=1S/C27H22/c1-3-9-20(10-4-1)15-23-18-25-17-22-13-7-8-14-26(22)27(25)19-24(23)16-21-11-5-2-6-12-21/h1-14,18-19H,15-17H2. The van der Waals surface area contributed by atoms with Crippen molar-refractivity contribution in [1.82, 2.24) is 0 Å². The largest absolute Gasteiger partial charge is 0.0622 e. The van der Waals surface area contributed by atoms with E-state index in [1.807, 2.05) is 0 Å². The highest BCUT2D eigenvalue weighted by Gasteiger charge is 2.20. The second kappa shape index (κ2) is 6.89. The number of fused-ring (bicyclic) bond motifs is 3. The molecule has 0 aromatic heterocycles. The van der Waals surface area contributed by atoms with Gasteiger partial charge in [-0.1, -0.05) is 97.1 Å². The van der Waals surface area contributed by atoms with Gasteiger partial charge in [0.2, 0.25) is 0 Å². The zero-order chi connectivity index (χ0) is 18.1. The molecular weight excluding hydrogens is 324 g/mol. The second-order valence-electron chi connectivity index (χ2n) is 7.44. The smallest absolute Gasteiger partial charge is 0.00133 e. The minimum atomic E-state index is 0.985. The molecule has 130 valence electrons. The van der Waals surface area contributed by atoms with Crippen LogP contribution in [0, 0.1) is 0 Å². The van der Waals surface area contributed by atoms with Crippen molar-refractivity contribution in [2.24, 2.45) is 0 Å². The van der Waals surface area contributed by atoms with Gasteiger partial charge in [0.1, 0.15) is 0 Å². The summed E-state index contributed by atoms with van der Waals surface area (Å²) in [4.78, 5) is 0. The fraction of sp³-hybridized carbons (Fsp3) is 0.111. The third-order valence-electron chi connectivity index (χ3n) is 5.59. The normalized spacial score (nSPS) is 11.9. The highest BCUT2D eigenvalue weighted by molar-refractivity contribution is 5.78. The van der Waals surface area contributed by atoms with Crippen molar-refractivity contribution in [2.45, 2.75) is 19.3 Å². The lowest BCUT2D eigenvalue weighted by Gasteiger charge is -2.14. The first kappa shape index (κ1) is 16.1. The zero-order valence-electron chi connectivity index (χ0n) is 15.4. The topological polar surface area (TPSA) is 0 Å². The van der Waals surface area contributed by atoms with E-state index in [1.54, 1.807) is 0 Å². The fourth-order valence-electron chi connectivity index (χ4n) is 4.24. The number of rotatable bonds is 4. The van der Waals surface area contributed by atoms with E-state index < -0.39 is 0 Å². The monoisotopic (exact) mass is 346 g/mol. The van der Waals surface area contributed by atoms with E-state index in [4.69, 9.17) is 0 Å². The van der Waals surface area contributed by atoms with E-state index in [1.165, 1.54) is 44.5 Å². The Kier molecular flexibility index (Phi) is 4.10. The molecule has 1 aliphatic rings. The molecule has 0 amide bonds. The quantitative estimate of drug-likeness (QED) is 0.351. The maximum Gasteiger partial charge on any atom is -0.00133 e. The molecule has 0 aliphatic heterocycles. The highest BCUT2D eigenvalue weighted by atomic mass is 14.2. The molecule has 0 spiro atoms. The first-order valence-corrected chi connectivity index (χ1v) is 9.67. The molecule has 4 aromatic carbocycles. The van der Waals surface area contributed by atoms with Crippen LogP contribution >= 0.6 is 0 Å². The molecule has 0 nitrogen and oxygen atoms in total. The summed E-state index contributed by atoms with van der Waals surface area (Å²) in [6.07, 6.45) is 3.03. The van der Waals surface area contributed by atoms with Crippen LogP contribution in [0.5, 0.6) is 0 Å². The van der Waals surface area contributed by atoms with Crippen LogP contribution in [-0.2, 0) is 19.3 Å². The van der Waals surface area contributed by atoms with Crippen molar-refractivity contribution in [1.29, 1.82) is 0 Å². The van der Waals surface area contributed by atoms with Gasteiger partial charge in [0, 0.05) is 0 Å². The maximum absolute atomic E-state index is 2.46. The maximum atomic E-state index is 2.46. The summed E-state index contributed by atoms with van der Waals surface area (Å²) in [6, 6.07) is 35.4. The number of hydrogen-bond donors (Lipinski definition) is 0. The van der Waals surface area contributed by atoms with Crippen molar-refractivity contribution < 1.29 is 0 Å². The molecule has 0 fully saturated rings. The summed E-state index contributed by atoms with van der Waals surface area (Å²) in [7, 11) is 0. The SMILES string of the molecule is c1ccc(Cc2cc3c(cc2Cc2ccccc2)-c2ccccc2C3)cc1. The molecule has 0 unspecified atom stereocenters. The van der Waals surface area contributed by atoms with E-state index in [2.05, 4.69) is 97.1 Å². The van der Waals surface area contributed by atoms with E-state index in [0.717, 1.165) is 19.3 Å². The lowest BCUT2D eigenvalue weighted by Crippen LogP contribution is -1.99. The average Bonchev–Trinajstić information content (AvgIpc) is 3.07. The van der Waals surface area contributed by atoms with Crippen molar-refractivity contribution >= 4 is 0 Å². The number of hydrogen-bond acceptors (Lipinski definition) is 0. The molecular formula is C27H22. The van der Waals surface area contributed by atoms with Gasteiger partial charge in [-0.05, 0) is 63.8 Å². The van der Waals surface area contributed by atoms with Crippen molar-refractivity contribution in [2.75, 3.05) is 0 Å². The molecule has 0 saturated carbocycles. The Morgan fingerprint density at radius 2 is 1.04 bits per heavy atom. The molecule has 27 heavy (non-hydrogen) atoms. The lowest BCUT2D eigenvalue weighted by molar-refractivity contribution is 1.08. The first-order chi connectivity index (χ1) is 13.4. The van der Waals surface area contributed by atoms with Gasteiger partial charge < -0.3 is 0 Å². The molecule has 0 N–H and O–H groups in total. The van der Waals surface area contributed by atoms with Gasteiger partial charge in [-0.2, -0.15) is 0 Å². The first-order valence-electron chi connectivity index (χ1n) is 9.67. The van der Waals surface area contributed by atoms with E-state index in [-0.39, 0.29) is 0 Å². The minimum absolute atomic E-state index is 0.985. The Bertz CT molecular complexity index is 1080. The van der Waals surface area contributed by atoms with Crippen LogP contribution in [0.3, 0.4) is 0 Å². The molecule has 5 rings (SSSR count). The van der Waals surface area contributed by atoms with Crippen molar-refractivity contribution in [3.63, 3.8) is 0 Å². The molecule has 0 bridgehead atoms. The molecule has 0 radical (unpaired) electrons. The van der Waals surface area contributed by atoms with Crippen LogP contribution in [0.4, 0.5) is 0 Å². The van der Waals surface area contributed by atoms with Crippen LogP contribution in [-0.4, -0.2) is 0 Å². The molecule has 4 aromatic rings. The third-order valence-corrected chi connectivity index (χ3v) is 5.59. The van der Waals surface area contributed by atoms with Crippen LogP contribution in [0.25, 0.3) is 11.1 Å².